The van der Waals surface area contributed by atoms with Crippen LogP contribution in [0, 0.1) is 11.6 Å². The van der Waals surface area contributed by atoms with Crippen LogP contribution in [-0.2, 0) is 0 Å². The van der Waals surface area contributed by atoms with E-state index in [-0.39, 0.29) is 27.9 Å². The third-order valence-electron chi connectivity index (χ3n) is 5.77. The summed E-state index contributed by atoms with van der Waals surface area (Å²) in [5.74, 6) is -1.76. The van der Waals surface area contributed by atoms with Crippen molar-refractivity contribution in [2.24, 2.45) is 0 Å². The molecule has 7 heteroatoms. The van der Waals surface area contributed by atoms with E-state index >= 15 is 0 Å². The van der Waals surface area contributed by atoms with Crippen LogP contribution in [0.5, 0.6) is 0 Å². The molecule has 1 aliphatic heterocycles. The number of hydrogen-bond donors (Lipinski definition) is 1. The molecule has 2 heterocycles. The van der Waals surface area contributed by atoms with E-state index in [0.29, 0.717) is 11.1 Å². The van der Waals surface area contributed by atoms with Crippen molar-refractivity contribution in [3.8, 4) is 11.1 Å². The molecule has 1 N–H and O–H groups in total. The van der Waals surface area contributed by atoms with Crippen molar-refractivity contribution < 1.29 is 23.1 Å². The van der Waals surface area contributed by atoms with E-state index in [1.165, 1.54) is 35.2 Å². The maximum absolute atomic E-state index is 14.5. The standard InChI is InChI=1S/C25H17F2NO4/c1-13(28-24(30)16-8-2-3-9-17(16)25(28)31)23-20(14-6-4-7-15(26)12-14)22(29)21-18(27)10-5-11-19(21)32-23/h2-13,24,30H,1H3. The van der Waals surface area contributed by atoms with Crippen LogP contribution >= 0.6 is 0 Å². The lowest BCUT2D eigenvalue weighted by molar-refractivity contribution is -0.00408. The molecule has 1 aromatic heterocycles. The topological polar surface area (TPSA) is 70.8 Å². The van der Waals surface area contributed by atoms with E-state index in [0.717, 1.165) is 12.1 Å². The Morgan fingerprint density at radius 3 is 2.50 bits per heavy atom. The Balaban J connectivity index is 1.76. The molecule has 0 aliphatic carbocycles. The van der Waals surface area contributed by atoms with Gasteiger partial charge in [0.05, 0.1) is 11.6 Å². The molecule has 160 valence electrons. The number of amides is 1. The van der Waals surface area contributed by atoms with Gasteiger partial charge in [0.15, 0.2) is 6.23 Å². The molecule has 5 nitrogen and oxygen atoms in total. The zero-order valence-electron chi connectivity index (χ0n) is 16.9. The zero-order chi connectivity index (χ0) is 22.6. The predicted molar refractivity (Wildman–Crippen MR) is 114 cm³/mol. The third kappa shape index (κ3) is 2.93. The van der Waals surface area contributed by atoms with Gasteiger partial charge in [0.1, 0.15) is 28.4 Å². The lowest BCUT2D eigenvalue weighted by atomic mass is 9.98. The molecule has 2 unspecified atom stereocenters. The van der Waals surface area contributed by atoms with Crippen molar-refractivity contribution in [1.29, 1.82) is 0 Å². The molecule has 0 saturated heterocycles. The number of carbonyl (C=O) groups is 1. The molecule has 0 spiro atoms. The first-order valence-corrected chi connectivity index (χ1v) is 9.99. The molecule has 32 heavy (non-hydrogen) atoms. The van der Waals surface area contributed by atoms with Crippen molar-refractivity contribution in [1.82, 2.24) is 4.90 Å². The average Bonchev–Trinajstić information content (AvgIpc) is 3.03. The summed E-state index contributed by atoms with van der Waals surface area (Å²) in [5.41, 5.74) is 0.209. The van der Waals surface area contributed by atoms with Crippen LogP contribution in [0.25, 0.3) is 22.1 Å². The molecular formula is C25H17F2NO4. The van der Waals surface area contributed by atoms with Gasteiger partial charge >= 0.3 is 0 Å². The van der Waals surface area contributed by atoms with Crippen molar-refractivity contribution >= 4 is 16.9 Å². The summed E-state index contributed by atoms with van der Waals surface area (Å²) in [7, 11) is 0. The second-order valence-corrected chi connectivity index (χ2v) is 7.64. The summed E-state index contributed by atoms with van der Waals surface area (Å²) in [4.78, 5) is 27.6. The molecule has 3 aromatic carbocycles. The van der Waals surface area contributed by atoms with Crippen molar-refractivity contribution in [2.45, 2.75) is 19.2 Å². The van der Waals surface area contributed by atoms with Gasteiger partial charge in [0.2, 0.25) is 5.43 Å². The van der Waals surface area contributed by atoms with Gasteiger partial charge in [-0.15, -0.1) is 0 Å². The smallest absolute Gasteiger partial charge is 0.257 e. The number of halogens is 2. The SMILES string of the molecule is CC(c1oc2cccc(F)c2c(=O)c1-c1cccc(F)c1)N1C(=O)c2ccccc2C1O. The molecule has 1 aliphatic rings. The molecule has 1 amide bonds. The number of fused-ring (bicyclic) bond motifs is 2. The van der Waals surface area contributed by atoms with Crippen LogP contribution in [0.4, 0.5) is 8.78 Å². The Bertz CT molecular complexity index is 1450. The van der Waals surface area contributed by atoms with E-state index in [4.69, 9.17) is 4.42 Å². The number of nitrogens with zero attached hydrogens (tertiary/aromatic N) is 1. The van der Waals surface area contributed by atoms with E-state index in [1.807, 2.05) is 0 Å². The van der Waals surface area contributed by atoms with Crippen LogP contribution in [0.3, 0.4) is 0 Å². The van der Waals surface area contributed by atoms with Crippen LogP contribution in [0.1, 0.15) is 40.9 Å². The number of aliphatic hydroxyl groups is 1. The number of aliphatic hydroxyl groups excluding tert-OH is 1. The highest BCUT2D eigenvalue weighted by molar-refractivity contribution is 5.99. The van der Waals surface area contributed by atoms with E-state index in [1.54, 1.807) is 31.2 Å². The summed E-state index contributed by atoms with van der Waals surface area (Å²) in [6, 6.07) is 15.0. The van der Waals surface area contributed by atoms with Crippen LogP contribution < -0.4 is 5.43 Å². The highest BCUT2D eigenvalue weighted by Gasteiger charge is 2.40. The van der Waals surface area contributed by atoms with Gasteiger partial charge in [-0.3, -0.25) is 14.5 Å². The van der Waals surface area contributed by atoms with Gasteiger partial charge in [-0.05, 0) is 42.8 Å². The lowest BCUT2D eigenvalue weighted by Gasteiger charge is -2.28. The van der Waals surface area contributed by atoms with Gasteiger partial charge in [0, 0.05) is 11.1 Å². The fourth-order valence-electron chi connectivity index (χ4n) is 4.26. The molecule has 5 rings (SSSR count). The Morgan fingerprint density at radius 2 is 1.75 bits per heavy atom. The summed E-state index contributed by atoms with van der Waals surface area (Å²) in [6.45, 7) is 1.60. The summed E-state index contributed by atoms with van der Waals surface area (Å²) in [5, 5.41) is 10.6. The van der Waals surface area contributed by atoms with E-state index < -0.39 is 35.2 Å². The highest BCUT2D eigenvalue weighted by atomic mass is 19.1. The van der Waals surface area contributed by atoms with Crippen LogP contribution in [0.15, 0.2) is 75.9 Å². The lowest BCUT2D eigenvalue weighted by Crippen LogP contribution is -2.32. The molecule has 4 aromatic rings. The Kier molecular flexibility index (Phi) is 4.64. The normalized spacial score (nSPS) is 16.4. The fourth-order valence-corrected chi connectivity index (χ4v) is 4.26. The van der Waals surface area contributed by atoms with Crippen molar-refractivity contribution in [2.75, 3.05) is 0 Å². The number of benzene rings is 3. The van der Waals surface area contributed by atoms with Gasteiger partial charge in [-0.25, -0.2) is 8.78 Å². The number of carbonyl (C=O) groups excluding carboxylic acids is 1. The summed E-state index contributed by atoms with van der Waals surface area (Å²) >= 11 is 0. The second kappa shape index (κ2) is 7.39. The number of rotatable bonds is 3. The first-order valence-electron chi connectivity index (χ1n) is 9.99. The highest BCUT2D eigenvalue weighted by Crippen LogP contribution is 2.41. The van der Waals surface area contributed by atoms with Crippen molar-refractivity contribution in [3.05, 3.63) is 105 Å². The van der Waals surface area contributed by atoms with Gasteiger partial charge in [-0.1, -0.05) is 36.4 Å². The van der Waals surface area contributed by atoms with Crippen LogP contribution in [0.2, 0.25) is 0 Å². The quantitative estimate of drug-likeness (QED) is 0.497. The Labute approximate surface area is 181 Å². The first kappa shape index (κ1) is 20.1. The van der Waals surface area contributed by atoms with Crippen molar-refractivity contribution in [3.63, 3.8) is 0 Å². The van der Waals surface area contributed by atoms with Gasteiger partial charge < -0.3 is 9.52 Å². The van der Waals surface area contributed by atoms with E-state index in [2.05, 4.69) is 0 Å². The molecule has 2 atom stereocenters. The van der Waals surface area contributed by atoms with Gasteiger partial charge in [0.25, 0.3) is 5.91 Å². The minimum Gasteiger partial charge on any atom is -0.458 e. The maximum atomic E-state index is 14.5. The zero-order valence-corrected chi connectivity index (χ0v) is 16.9. The third-order valence-corrected chi connectivity index (χ3v) is 5.77. The Morgan fingerprint density at radius 1 is 1.00 bits per heavy atom. The minimum atomic E-state index is -1.26. The molecular weight excluding hydrogens is 416 g/mol. The predicted octanol–water partition coefficient (Wildman–Crippen LogP) is 4.95. The average molecular weight is 433 g/mol. The maximum Gasteiger partial charge on any atom is 0.257 e. The monoisotopic (exact) mass is 433 g/mol. The Hall–Kier alpha value is -3.84. The molecule has 0 fully saturated rings. The second-order valence-electron chi connectivity index (χ2n) is 7.64. The minimum absolute atomic E-state index is 0.00403. The molecule has 0 radical (unpaired) electrons. The largest absolute Gasteiger partial charge is 0.458 e. The summed E-state index contributed by atoms with van der Waals surface area (Å²) in [6.07, 6.45) is -1.26. The van der Waals surface area contributed by atoms with E-state index in [9.17, 15) is 23.5 Å². The molecule has 0 bridgehead atoms. The fraction of sp³-hybridized carbons (Fsp3) is 0.120. The number of hydrogen-bond acceptors (Lipinski definition) is 4. The summed E-state index contributed by atoms with van der Waals surface area (Å²) < 4.78 is 34.5. The van der Waals surface area contributed by atoms with Gasteiger partial charge in [-0.2, -0.15) is 0 Å². The first-order chi connectivity index (χ1) is 15.4. The van der Waals surface area contributed by atoms with Crippen LogP contribution in [-0.4, -0.2) is 15.9 Å². The molecule has 0 saturated carbocycles.